The third-order valence-corrected chi connectivity index (χ3v) is 5.92. The summed E-state index contributed by atoms with van der Waals surface area (Å²) < 4.78 is 16.4. The van der Waals surface area contributed by atoms with Gasteiger partial charge in [-0.3, -0.25) is 14.9 Å². The maximum absolute atomic E-state index is 13.1. The van der Waals surface area contributed by atoms with Crippen molar-refractivity contribution in [1.82, 2.24) is 0 Å². The summed E-state index contributed by atoms with van der Waals surface area (Å²) in [5.41, 5.74) is 0.535. The second-order valence-electron chi connectivity index (χ2n) is 7.20. The van der Waals surface area contributed by atoms with E-state index in [1.165, 1.54) is 28.4 Å². The van der Waals surface area contributed by atoms with Crippen LogP contribution in [0.4, 0.5) is 17.1 Å². The van der Waals surface area contributed by atoms with Gasteiger partial charge in [0.15, 0.2) is 18.1 Å². The topological polar surface area (TPSA) is 120 Å². The molecule has 1 aliphatic heterocycles. The summed E-state index contributed by atoms with van der Waals surface area (Å²) in [7, 11) is 1.54. The molecule has 0 spiro atoms. The molecule has 0 unspecified atom stereocenters. The highest BCUT2D eigenvalue weighted by Crippen LogP contribution is 2.35. The predicted molar refractivity (Wildman–Crippen MR) is 126 cm³/mol. The normalized spacial score (nSPS) is 12.0. The zero-order chi connectivity index (χ0) is 24.1. The molecule has 2 heterocycles. The Hall–Kier alpha value is -4.12. The monoisotopic (exact) mass is 483 g/mol. The van der Waals surface area contributed by atoms with Gasteiger partial charge in [0, 0.05) is 29.7 Å². The van der Waals surface area contributed by atoms with Crippen LogP contribution in [-0.4, -0.2) is 43.7 Å². The minimum absolute atomic E-state index is 0.0253. The lowest BCUT2D eigenvalue weighted by Gasteiger charge is -2.25. The van der Waals surface area contributed by atoms with Crippen molar-refractivity contribution in [2.75, 3.05) is 37.1 Å². The number of fused-ring (bicyclic) bond motifs is 1. The van der Waals surface area contributed by atoms with Crippen LogP contribution >= 0.6 is 11.3 Å². The van der Waals surface area contributed by atoms with Gasteiger partial charge in [0.2, 0.25) is 0 Å². The molecule has 0 saturated carbocycles. The number of hydrogen-bond donors (Lipinski definition) is 1. The Morgan fingerprint density at radius 2 is 1.94 bits per heavy atom. The van der Waals surface area contributed by atoms with Crippen molar-refractivity contribution in [3.8, 4) is 11.5 Å². The molecule has 1 amide bonds. The highest BCUT2D eigenvalue weighted by atomic mass is 32.1. The van der Waals surface area contributed by atoms with Crippen molar-refractivity contribution < 1.29 is 28.7 Å². The minimum Gasteiger partial charge on any atom is -0.486 e. The molecule has 1 N–H and O–H groups in total. The Labute approximate surface area is 198 Å². The number of carbonyl (C=O) groups is 2. The summed E-state index contributed by atoms with van der Waals surface area (Å²) in [4.78, 5) is 38.7. The molecule has 10 nitrogen and oxygen atoms in total. The zero-order valence-corrected chi connectivity index (χ0v) is 19.0. The van der Waals surface area contributed by atoms with E-state index in [2.05, 4.69) is 5.32 Å². The molecule has 0 radical (unpaired) electrons. The van der Waals surface area contributed by atoms with Crippen LogP contribution in [0.2, 0.25) is 0 Å². The van der Waals surface area contributed by atoms with Gasteiger partial charge in [0.25, 0.3) is 11.6 Å². The second-order valence-corrected chi connectivity index (χ2v) is 8.23. The first-order valence-electron chi connectivity index (χ1n) is 10.3. The number of amides is 1. The third-order valence-electron chi connectivity index (χ3n) is 5.06. The highest BCUT2D eigenvalue weighted by molar-refractivity contribution is 7.09. The van der Waals surface area contributed by atoms with Crippen LogP contribution in [0.15, 0.2) is 53.9 Å². The number of esters is 1. The van der Waals surface area contributed by atoms with Gasteiger partial charge in [0.05, 0.1) is 17.0 Å². The largest absolute Gasteiger partial charge is 0.486 e. The number of rotatable bonds is 8. The molecule has 4 rings (SSSR count). The van der Waals surface area contributed by atoms with E-state index < -0.39 is 23.4 Å². The fourth-order valence-corrected chi connectivity index (χ4v) is 4.08. The van der Waals surface area contributed by atoms with Crippen molar-refractivity contribution in [2.24, 2.45) is 0 Å². The third kappa shape index (κ3) is 5.09. The number of ether oxygens (including phenoxy) is 3. The molecule has 11 heteroatoms. The maximum Gasteiger partial charge on any atom is 0.338 e. The summed E-state index contributed by atoms with van der Waals surface area (Å²) in [5.74, 6) is -0.171. The summed E-state index contributed by atoms with van der Waals surface area (Å²) in [6.07, 6.45) is 0. The van der Waals surface area contributed by atoms with E-state index in [0.29, 0.717) is 30.4 Å². The highest BCUT2D eigenvalue weighted by Gasteiger charge is 2.23. The van der Waals surface area contributed by atoms with Crippen molar-refractivity contribution in [3.05, 3.63) is 74.5 Å². The van der Waals surface area contributed by atoms with Crippen LogP contribution in [0, 0.1) is 10.1 Å². The van der Waals surface area contributed by atoms with Crippen LogP contribution in [0.25, 0.3) is 0 Å². The van der Waals surface area contributed by atoms with Gasteiger partial charge < -0.3 is 24.4 Å². The number of carbonyl (C=O) groups excluding carboxylic acids is 2. The van der Waals surface area contributed by atoms with E-state index in [1.807, 2.05) is 17.5 Å². The SMILES string of the molecule is CNc1ccc(C(=O)OCC(=O)N(Cc2cccs2)c2ccc3c(c2)OCCO3)cc1[N+](=O)[O-]. The molecular formula is C23H21N3O7S. The number of anilines is 2. The number of thiophene rings is 1. The molecule has 0 fully saturated rings. The van der Waals surface area contributed by atoms with Gasteiger partial charge >= 0.3 is 5.97 Å². The van der Waals surface area contributed by atoms with E-state index in [9.17, 15) is 19.7 Å². The molecular weight excluding hydrogens is 462 g/mol. The predicted octanol–water partition coefficient (Wildman–Crippen LogP) is 3.86. The summed E-state index contributed by atoms with van der Waals surface area (Å²) in [6.45, 7) is 0.593. The molecule has 34 heavy (non-hydrogen) atoms. The first kappa shape index (κ1) is 23.1. The van der Waals surface area contributed by atoms with E-state index in [4.69, 9.17) is 14.2 Å². The molecule has 2 aromatic carbocycles. The Kier molecular flexibility index (Phi) is 6.93. The lowest BCUT2D eigenvalue weighted by molar-refractivity contribution is -0.384. The maximum atomic E-state index is 13.1. The second kappa shape index (κ2) is 10.2. The van der Waals surface area contributed by atoms with E-state index in [0.717, 1.165) is 10.9 Å². The summed E-state index contributed by atoms with van der Waals surface area (Å²) in [6, 6.07) is 12.9. The average molecular weight is 484 g/mol. The van der Waals surface area contributed by atoms with E-state index in [1.54, 1.807) is 25.2 Å². The quantitative estimate of drug-likeness (QED) is 0.291. The summed E-state index contributed by atoms with van der Waals surface area (Å²) >= 11 is 1.49. The minimum atomic E-state index is -0.836. The van der Waals surface area contributed by atoms with Crippen molar-refractivity contribution in [3.63, 3.8) is 0 Å². The molecule has 176 valence electrons. The van der Waals surface area contributed by atoms with Gasteiger partial charge in [0.1, 0.15) is 18.9 Å². The summed E-state index contributed by atoms with van der Waals surface area (Å²) in [5, 5.41) is 15.9. The fraction of sp³-hybridized carbons (Fsp3) is 0.217. The van der Waals surface area contributed by atoms with Gasteiger partial charge in [-0.1, -0.05) is 6.07 Å². The van der Waals surface area contributed by atoms with E-state index in [-0.39, 0.29) is 23.5 Å². The number of nitrogens with one attached hydrogen (secondary N) is 1. The Balaban J connectivity index is 1.51. The van der Waals surface area contributed by atoms with Gasteiger partial charge in [-0.15, -0.1) is 11.3 Å². The van der Waals surface area contributed by atoms with Gasteiger partial charge in [-0.2, -0.15) is 0 Å². The molecule has 0 atom stereocenters. The van der Waals surface area contributed by atoms with Crippen molar-refractivity contribution in [2.45, 2.75) is 6.54 Å². The number of nitrogens with zero attached hydrogens (tertiary/aromatic N) is 2. The van der Waals surface area contributed by atoms with Crippen LogP contribution in [0.1, 0.15) is 15.2 Å². The van der Waals surface area contributed by atoms with Crippen LogP contribution < -0.4 is 19.7 Å². The molecule has 0 aliphatic carbocycles. The zero-order valence-electron chi connectivity index (χ0n) is 18.2. The molecule has 3 aromatic rings. The van der Waals surface area contributed by atoms with E-state index >= 15 is 0 Å². The molecule has 0 saturated heterocycles. The number of hydrogen-bond acceptors (Lipinski definition) is 9. The average Bonchev–Trinajstić information content (AvgIpc) is 3.38. The van der Waals surface area contributed by atoms with Crippen LogP contribution in [-0.2, 0) is 16.1 Å². The first-order chi connectivity index (χ1) is 16.5. The molecule has 0 bridgehead atoms. The van der Waals surface area contributed by atoms with Gasteiger partial charge in [-0.05, 0) is 35.7 Å². The van der Waals surface area contributed by atoms with Crippen molar-refractivity contribution in [1.29, 1.82) is 0 Å². The number of nitro benzene ring substituents is 1. The van der Waals surface area contributed by atoms with Crippen LogP contribution in [0.5, 0.6) is 11.5 Å². The standard InChI is InChI=1S/C23H21N3O7S/c1-24-18-6-4-15(11-19(18)26(29)30)23(28)33-14-22(27)25(13-17-3-2-10-34-17)16-5-7-20-21(12-16)32-9-8-31-20/h2-7,10-12,24H,8-9,13-14H2,1H3. The molecule has 1 aliphatic rings. The van der Waals surface area contributed by atoms with Crippen molar-refractivity contribution >= 4 is 40.3 Å². The Morgan fingerprint density at radius 3 is 2.65 bits per heavy atom. The fourth-order valence-electron chi connectivity index (χ4n) is 3.39. The van der Waals surface area contributed by atoms with Crippen LogP contribution in [0.3, 0.4) is 0 Å². The first-order valence-corrected chi connectivity index (χ1v) is 11.2. The lowest BCUT2D eigenvalue weighted by Crippen LogP contribution is -2.34. The Bertz CT molecular complexity index is 1210. The lowest BCUT2D eigenvalue weighted by atomic mass is 10.1. The van der Waals surface area contributed by atoms with Gasteiger partial charge in [-0.25, -0.2) is 4.79 Å². The smallest absolute Gasteiger partial charge is 0.338 e. The Morgan fingerprint density at radius 1 is 1.15 bits per heavy atom. The molecule has 1 aromatic heterocycles. The number of nitro groups is 1. The number of benzene rings is 2.